The van der Waals surface area contributed by atoms with Crippen molar-refractivity contribution in [3.05, 3.63) is 29.8 Å². The van der Waals surface area contributed by atoms with Gasteiger partial charge in [0.25, 0.3) is 0 Å². The molecule has 0 aliphatic carbocycles. The molecular weight excluding hydrogens is 306 g/mol. The zero-order valence-electron chi connectivity index (χ0n) is 12.7. The predicted molar refractivity (Wildman–Crippen MR) is 89.9 cm³/mol. The number of thiocarbonyl (C=S) groups is 1. The highest BCUT2D eigenvalue weighted by atomic mass is 32.2. The van der Waals surface area contributed by atoms with Gasteiger partial charge < -0.3 is 10.6 Å². The normalized spacial score (nSPS) is 13.3. The summed E-state index contributed by atoms with van der Waals surface area (Å²) >= 11 is 4.92. The van der Waals surface area contributed by atoms with E-state index in [4.69, 9.17) is 18.0 Å². The maximum Gasteiger partial charge on any atom is 0.241 e. The fraction of sp³-hybridized carbons (Fsp3) is 0.500. The number of benzene rings is 1. The SMILES string of the molecule is CCN(CC)CC(C)NS(=O)(=O)c1ccccc1C(N)=S. The van der Waals surface area contributed by atoms with E-state index in [2.05, 4.69) is 9.62 Å². The van der Waals surface area contributed by atoms with Crippen LogP contribution in [0.25, 0.3) is 0 Å². The smallest absolute Gasteiger partial charge is 0.241 e. The van der Waals surface area contributed by atoms with E-state index in [-0.39, 0.29) is 15.9 Å². The van der Waals surface area contributed by atoms with Crippen LogP contribution in [0.1, 0.15) is 26.3 Å². The molecule has 0 aliphatic heterocycles. The average molecular weight is 329 g/mol. The Labute approximate surface area is 132 Å². The van der Waals surface area contributed by atoms with E-state index in [0.717, 1.165) is 13.1 Å². The van der Waals surface area contributed by atoms with Gasteiger partial charge in [-0.1, -0.05) is 44.3 Å². The van der Waals surface area contributed by atoms with Crippen molar-refractivity contribution < 1.29 is 8.42 Å². The average Bonchev–Trinajstić information content (AvgIpc) is 2.44. The fourth-order valence-corrected chi connectivity index (χ4v) is 3.84. The highest BCUT2D eigenvalue weighted by Gasteiger charge is 2.22. The van der Waals surface area contributed by atoms with Crippen LogP contribution in [0.3, 0.4) is 0 Å². The molecule has 1 atom stereocenters. The van der Waals surface area contributed by atoms with Crippen molar-refractivity contribution in [2.45, 2.75) is 31.7 Å². The molecule has 0 saturated carbocycles. The van der Waals surface area contributed by atoms with E-state index < -0.39 is 10.0 Å². The number of nitrogens with two attached hydrogens (primary N) is 1. The molecular formula is C14H23N3O2S2. The minimum absolute atomic E-state index is 0.0763. The molecule has 0 radical (unpaired) electrons. The van der Waals surface area contributed by atoms with Crippen LogP contribution >= 0.6 is 12.2 Å². The van der Waals surface area contributed by atoms with Gasteiger partial charge in [-0.25, -0.2) is 13.1 Å². The van der Waals surface area contributed by atoms with E-state index in [9.17, 15) is 8.42 Å². The largest absolute Gasteiger partial charge is 0.389 e. The van der Waals surface area contributed by atoms with Crippen LogP contribution in [0.5, 0.6) is 0 Å². The van der Waals surface area contributed by atoms with Crippen LogP contribution in [-0.4, -0.2) is 44.0 Å². The van der Waals surface area contributed by atoms with Gasteiger partial charge in [-0.3, -0.25) is 0 Å². The third-order valence-corrected chi connectivity index (χ3v) is 5.09. The van der Waals surface area contributed by atoms with E-state index in [1.54, 1.807) is 18.2 Å². The third-order valence-electron chi connectivity index (χ3n) is 3.22. The molecule has 118 valence electrons. The molecule has 0 aromatic heterocycles. The third kappa shape index (κ3) is 5.03. The maximum atomic E-state index is 12.5. The lowest BCUT2D eigenvalue weighted by Gasteiger charge is -2.23. The van der Waals surface area contributed by atoms with Crippen molar-refractivity contribution in [3.8, 4) is 0 Å². The van der Waals surface area contributed by atoms with Crippen molar-refractivity contribution in [2.24, 2.45) is 5.73 Å². The van der Waals surface area contributed by atoms with Gasteiger partial charge in [0.05, 0.1) is 4.90 Å². The number of nitrogens with one attached hydrogen (secondary N) is 1. The lowest BCUT2D eigenvalue weighted by Crippen LogP contribution is -2.42. The first-order chi connectivity index (χ1) is 9.81. The molecule has 7 heteroatoms. The van der Waals surface area contributed by atoms with Gasteiger partial charge in [0.2, 0.25) is 10.0 Å². The predicted octanol–water partition coefficient (Wildman–Crippen LogP) is 1.33. The van der Waals surface area contributed by atoms with E-state index in [1.165, 1.54) is 6.07 Å². The molecule has 5 nitrogen and oxygen atoms in total. The molecule has 0 aliphatic rings. The summed E-state index contributed by atoms with van der Waals surface area (Å²) in [5.74, 6) is 0. The molecule has 0 saturated heterocycles. The molecule has 1 aromatic rings. The number of likely N-dealkylation sites (N-methyl/N-ethyl adjacent to an activating group) is 1. The summed E-state index contributed by atoms with van der Waals surface area (Å²) in [7, 11) is -3.64. The minimum atomic E-state index is -3.64. The topological polar surface area (TPSA) is 75.4 Å². The summed E-state index contributed by atoms with van der Waals surface area (Å²) in [6.45, 7) is 8.36. The molecule has 1 rings (SSSR count). The number of hydrogen-bond acceptors (Lipinski definition) is 4. The van der Waals surface area contributed by atoms with Gasteiger partial charge in [-0.2, -0.15) is 0 Å². The Hall–Kier alpha value is -1.02. The zero-order chi connectivity index (χ0) is 16.0. The number of rotatable bonds is 8. The van der Waals surface area contributed by atoms with E-state index >= 15 is 0 Å². The Morgan fingerprint density at radius 3 is 2.43 bits per heavy atom. The highest BCUT2D eigenvalue weighted by molar-refractivity contribution is 7.89. The van der Waals surface area contributed by atoms with Crippen LogP contribution in [0.4, 0.5) is 0 Å². The van der Waals surface area contributed by atoms with Crippen LogP contribution in [-0.2, 0) is 10.0 Å². The Morgan fingerprint density at radius 2 is 1.90 bits per heavy atom. The van der Waals surface area contributed by atoms with Gasteiger partial charge in [0.15, 0.2) is 0 Å². The fourth-order valence-electron chi connectivity index (χ4n) is 2.14. The highest BCUT2D eigenvalue weighted by Crippen LogP contribution is 2.15. The zero-order valence-corrected chi connectivity index (χ0v) is 14.3. The molecule has 21 heavy (non-hydrogen) atoms. The van der Waals surface area contributed by atoms with Crippen molar-refractivity contribution in [3.63, 3.8) is 0 Å². The summed E-state index contributed by atoms with van der Waals surface area (Å²) in [5.41, 5.74) is 5.97. The number of sulfonamides is 1. The van der Waals surface area contributed by atoms with Gasteiger partial charge in [0.1, 0.15) is 4.99 Å². The summed E-state index contributed by atoms with van der Waals surface area (Å²) < 4.78 is 27.6. The Bertz CT molecular complexity index is 584. The van der Waals surface area contributed by atoms with Gasteiger partial charge in [-0.05, 0) is 26.1 Å². The van der Waals surface area contributed by atoms with Crippen molar-refractivity contribution in [1.29, 1.82) is 0 Å². The van der Waals surface area contributed by atoms with Crippen molar-refractivity contribution >= 4 is 27.2 Å². The Kier molecular flexibility index (Phi) is 6.73. The van der Waals surface area contributed by atoms with Crippen LogP contribution in [0.15, 0.2) is 29.2 Å². The number of nitrogens with zero attached hydrogens (tertiary/aromatic N) is 1. The van der Waals surface area contributed by atoms with Crippen molar-refractivity contribution in [2.75, 3.05) is 19.6 Å². The molecule has 0 amide bonds. The number of hydrogen-bond donors (Lipinski definition) is 2. The van der Waals surface area contributed by atoms with E-state index in [0.29, 0.717) is 12.1 Å². The van der Waals surface area contributed by atoms with Crippen LogP contribution in [0, 0.1) is 0 Å². The molecule has 1 aromatic carbocycles. The molecule has 0 heterocycles. The molecule has 0 fully saturated rings. The lowest BCUT2D eigenvalue weighted by molar-refractivity contribution is 0.282. The van der Waals surface area contributed by atoms with Gasteiger partial charge in [-0.15, -0.1) is 0 Å². The van der Waals surface area contributed by atoms with E-state index in [1.807, 2.05) is 20.8 Å². The maximum absolute atomic E-state index is 12.5. The molecule has 3 N–H and O–H groups in total. The van der Waals surface area contributed by atoms with Gasteiger partial charge in [0, 0.05) is 18.2 Å². The Morgan fingerprint density at radius 1 is 1.33 bits per heavy atom. The molecule has 0 bridgehead atoms. The van der Waals surface area contributed by atoms with Crippen molar-refractivity contribution in [1.82, 2.24) is 9.62 Å². The molecule has 1 unspecified atom stereocenters. The Balaban J connectivity index is 2.95. The summed E-state index contributed by atoms with van der Waals surface area (Å²) in [6, 6.07) is 6.31. The lowest BCUT2D eigenvalue weighted by atomic mass is 10.2. The summed E-state index contributed by atoms with van der Waals surface area (Å²) in [4.78, 5) is 2.36. The van der Waals surface area contributed by atoms with Crippen LogP contribution in [0.2, 0.25) is 0 Å². The quantitative estimate of drug-likeness (QED) is 0.704. The first-order valence-electron chi connectivity index (χ1n) is 6.95. The summed E-state index contributed by atoms with van der Waals surface area (Å²) in [6.07, 6.45) is 0. The summed E-state index contributed by atoms with van der Waals surface area (Å²) in [5, 5.41) is 0. The minimum Gasteiger partial charge on any atom is -0.389 e. The van der Waals surface area contributed by atoms with Gasteiger partial charge >= 0.3 is 0 Å². The second-order valence-electron chi connectivity index (χ2n) is 4.87. The second kappa shape index (κ2) is 7.84. The van der Waals surface area contributed by atoms with Crippen LogP contribution < -0.4 is 10.5 Å². The second-order valence-corrected chi connectivity index (χ2v) is 6.99. The first-order valence-corrected chi connectivity index (χ1v) is 8.84. The first kappa shape index (κ1) is 18.0. The monoisotopic (exact) mass is 329 g/mol. The standard InChI is InChI=1S/C14H23N3O2S2/c1-4-17(5-2)10-11(3)16-21(18,19)13-9-7-6-8-12(13)14(15)20/h6-9,11,16H,4-5,10H2,1-3H3,(H2,15,20). The molecule has 0 spiro atoms.